The number of aromatic nitrogens is 1. The molecule has 2 amide bonds. The van der Waals surface area contributed by atoms with Crippen molar-refractivity contribution in [1.29, 1.82) is 0 Å². The number of methoxy groups -OCH3 is 1. The average Bonchev–Trinajstić information content (AvgIpc) is 3.47. The first-order chi connectivity index (χ1) is 15.5. The normalized spacial score (nSPS) is 17.4. The number of rotatable bonds is 5. The molecule has 9 heteroatoms. The standard InChI is InChI=1S/C23H23N3O6/c1-13(27)24-9-16-10-26(23(28)31-16)15-6-7-17-14(8-15)4-3-5-18-21(25-32-22(17)18)19-11-30-12-20(19)29-2/h6-8,11-12,16H,3-5,9-10H2,1-2H3,(H,24,27)/t16-/m0/s1. The monoisotopic (exact) mass is 437 g/mol. The van der Waals surface area contributed by atoms with E-state index in [9.17, 15) is 9.59 Å². The zero-order chi connectivity index (χ0) is 22.2. The molecule has 1 atom stereocenters. The van der Waals surface area contributed by atoms with Gasteiger partial charge in [-0.25, -0.2) is 4.79 Å². The van der Waals surface area contributed by atoms with Gasteiger partial charge in [0.1, 0.15) is 24.3 Å². The molecule has 1 saturated heterocycles. The number of hydrogen-bond acceptors (Lipinski definition) is 7. The summed E-state index contributed by atoms with van der Waals surface area (Å²) in [5.41, 5.74) is 5.33. The van der Waals surface area contributed by atoms with Gasteiger partial charge in [-0.15, -0.1) is 0 Å². The van der Waals surface area contributed by atoms with E-state index in [4.69, 9.17) is 18.4 Å². The maximum absolute atomic E-state index is 12.4. The van der Waals surface area contributed by atoms with Crippen LogP contribution in [0.25, 0.3) is 22.6 Å². The van der Waals surface area contributed by atoms with E-state index in [0.717, 1.165) is 58.7 Å². The van der Waals surface area contributed by atoms with Crippen LogP contribution in [0.3, 0.4) is 0 Å². The molecule has 0 radical (unpaired) electrons. The van der Waals surface area contributed by atoms with E-state index in [1.807, 2.05) is 18.2 Å². The lowest BCUT2D eigenvalue weighted by Gasteiger charge is -2.15. The van der Waals surface area contributed by atoms with Gasteiger partial charge in [-0.2, -0.15) is 0 Å². The molecular formula is C23H23N3O6. The second kappa shape index (κ2) is 8.07. The van der Waals surface area contributed by atoms with E-state index in [1.54, 1.807) is 24.5 Å². The van der Waals surface area contributed by atoms with Crippen molar-refractivity contribution in [2.45, 2.75) is 32.3 Å². The van der Waals surface area contributed by atoms with E-state index < -0.39 is 6.09 Å². The molecule has 1 aliphatic carbocycles. The van der Waals surface area contributed by atoms with E-state index in [2.05, 4.69) is 10.5 Å². The molecule has 2 aromatic heterocycles. The molecule has 9 nitrogen and oxygen atoms in total. The van der Waals surface area contributed by atoms with Gasteiger partial charge in [-0.05, 0) is 43.0 Å². The highest BCUT2D eigenvalue weighted by molar-refractivity contribution is 5.91. The maximum atomic E-state index is 12.4. The number of ether oxygens (including phenoxy) is 2. The molecule has 0 spiro atoms. The number of carbonyl (C=O) groups excluding carboxylic acids is 2. The molecule has 0 bridgehead atoms. The minimum absolute atomic E-state index is 0.153. The van der Waals surface area contributed by atoms with Crippen LogP contribution in [0.4, 0.5) is 10.5 Å². The number of carbonyl (C=O) groups is 2. The first-order valence-electron chi connectivity index (χ1n) is 10.5. The highest BCUT2D eigenvalue weighted by Crippen LogP contribution is 2.41. The van der Waals surface area contributed by atoms with Crippen LogP contribution < -0.4 is 15.0 Å². The highest BCUT2D eigenvalue weighted by Gasteiger charge is 2.33. The molecule has 3 aromatic rings. The molecule has 166 valence electrons. The molecule has 5 rings (SSSR count). The number of benzene rings is 1. The van der Waals surface area contributed by atoms with E-state index in [1.165, 1.54) is 6.92 Å². The number of cyclic esters (lactones) is 1. The van der Waals surface area contributed by atoms with Gasteiger partial charge in [0.05, 0.1) is 25.8 Å². The number of fused-ring (bicyclic) bond motifs is 3. The summed E-state index contributed by atoms with van der Waals surface area (Å²) in [5, 5.41) is 7.01. The predicted molar refractivity (Wildman–Crippen MR) is 115 cm³/mol. The molecular weight excluding hydrogens is 414 g/mol. The van der Waals surface area contributed by atoms with Crippen molar-refractivity contribution in [3.8, 4) is 28.3 Å². The third-order valence-corrected chi connectivity index (χ3v) is 5.86. The Balaban J connectivity index is 1.44. The topological polar surface area (TPSA) is 107 Å². The first kappa shape index (κ1) is 20.2. The fourth-order valence-electron chi connectivity index (χ4n) is 4.31. The second-order valence-corrected chi connectivity index (χ2v) is 7.94. The number of aryl methyl sites for hydroxylation is 1. The average molecular weight is 437 g/mol. The summed E-state index contributed by atoms with van der Waals surface area (Å²) in [6.07, 6.45) is 4.92. The Morgan fingerprint density at radius 1 is 1.28 bits per heavy atom. The smallest absolute Gasteiger partial charge is 0.414 e. The second-order valence-electron chi connectivity index (χ2n) is 7.94. The minimum atomic E-state index is -0.413. The third kappa shape index (κ3) is 3.49. The van der Waals surface area contributed by atoms with Crippen molar-refractivity contribution in [2.24, 2.45) is 0 Å². The van der Waals surface area contributed by atoms with Crippen LogP contribution in [0.2, 0.25) is 0 Å². The highest BCUT2D eigenvalue weighted by atomic mass is 16.6. The fourth-order valence-corrected chi connectivity index (χ4v) is 4.31. The summed E-state index contributed by atoms with van der Waals surface area (Å²) in [4.78, 5) is 25.1. The van der Waals surface area contributed by atoms with Crippen molar-refractivity contribution >= 4 is 17.7 Å². The molecule has 0 unspecified atom stereocenters. The lowest BCUT2D eigenvalue weighted by Crippen LogP contribution is -2.33. The molecule has 3 heterocycles. The zero-order valence-electron chi connectivity index (χ0n) is 17.8. The number of nitrogens with one attached hydrogen (secondary N) is 1. The van der Waals surface area contributed by atoms with Gasteiger partial charge in [0.2, 0.25) is 5.91 Å². The molecule has 1 fully saturated rings. The van der Waals surface area contributed by atoms with Crippen LogP contribution in [0.1, 0.15) is 24.5 Å². The number of hydrogen-bond donors (Lipinski definition) is 1. The summed E-state index contributed by atoms with van der Waals surface area (Å²) in [6.45, 7) is 2.12. The van der Waals surface area contributed by atoms with Crippen molar-refractivity contribution in [1.82, 2.24) is 10.5 Å². The minimum Gasteiger partial charge on any atom is -0.493 e. The Labute approximate surface area is 184 Å². The van der Waals surface area contributed by atoms with E-state index in [-0.39, 0.29) is 12.0 Å². The Morgan fingerprint density at radius 3 is 2.97 bits per heavy atom. The zero-order valence-corrected chi connectivity index (χ0v) is 17.8. The molecule has 1 aliphatic heterocycles. The van der Waals surface area contributed by atoms with Crippen molar-refractivity contribution in [3.05, 3.63) is 41.9 Å². The number of nitrogens with zero attached hydrogens (tertiary/aromatic N) is 2. The molecule has 0 saturated carbocycles. The van der Waals surface area contributed by atoms with Crippen LogP contribution >= 0.6 is 0 Å². The van der Waals surface area contributed by atoms with Crippen LogP contribution in [0.5, 0.6) is 5.75 Å². The summed E-state index contributed by atoms with van der Waals surface area (Å²) < 4.78 is 21.8. The Morgan fingerprint density at radius 2 is 2.16 bits per heavy atom. The summed E-state index contributed by atoms with van der Waals surface area (Å²) in [5.74, 6) is 1.19. The Bertz CT molecular complexity index is 1180. The summed E-state index contributed by atoms with van der Waals surface area (Å²) in [6, 6.07) is 5.86. The quantitative estimate of drug-likeness (QED) is 0.650. The molecule has 32 heavy (non-hydrogen) atoms. The van der Waals surface area contributed by atoms with Gasteiger partial charge in [-0.1, -0.05) is 5.16 Å². The van der Waals surface area contributed by atoms with E-state index in [0.29, 0.717) is 18.8 Å². The molecule has 1 aromatic carbocycles. The van der Waals surface area contributed by atoms with Crippen molar-refractivity contribution < 1.29 is 28.0 Å². The summed E-state index contributed by atoms with van der Waals surface area (Å²) in [7, 11) is 1.59. The third-order valence-electron chi connectivity index (χ3n) is 5.86. The largest absolute Gasteiger partial charge is 0.493 e. The van der Waals surface area contributed by atoms with Gasteiger partial charge < -0.3 is 23.7 Å². The maximum Gasteiger partial charge on any atom is 0.414 e. The molecule has 1 N–H and O–H groups in total. The Hall–Kier alpha value is -3.75. The van der Waals surface area contributed by atoms with Crippen LogP contribution in [-0.4, -0.2) is 43.5 Å². The fraction of sp³-hybridized carbons (Fsp3) is 0.348. The van der Waals surface area contributed by atoms with Gasteiger partial charge in [0, 0.05) is 23.7 Å². The number of anilines is 1. The van der Waals surface area contributed by atoms with Crippen molar-refractivity contribution in [3.63, 3.8) is 0 Å². The van der Waals surface area contributed by atoms with E-state index >= 15 is 0 Å². The molecule has 2 aliphatic rings. The van der Waals surface area contributed by atoms with Crippen LogP contribution in [0, 0.1) is 0 Å². The van der Waals surface area contributed by atoms with Gasteiger partial charge in [0.25, 0.3) is 0 Å². The SMILES string of the molecule is COc1cocc1-c1noc2c1CCCc1cc(N3C[C@H](CNC(C)=O)OC3=O)ccc1-2. The van der Waals surface area contributed by atoms with Crippen molar-refractivity contribution in [2.75, 3.05) is 25.1 Å². The van der Waals surface area contributed by atoms with Gasteiger partial charge in [0.15, 0.2) is 11.5 Å². The van der Waals surface area contributed by atoms with Gasteiger partial charge >= 0.3 is 6.09 Å². The summed E-state index contributed by atoms with van der Waals surface area (Å²) >= 11 is 0. The van der Waals surface area contributed by atoms with Crippen LogP contribution in [-0.2, 0) is 22.4 Å². The van der Waals surface area contributed by atoms with Crippen LogP contribution in [0.15, 0.2) is 39.7 Å². The number of furan rings is 1. The predicted octanol–water partition coefficient (Wildman–Crippen LogP) is 3.56. The lowest BCUT2D eigenvalue weighted by atomic mass is 10.0. The van der Waals surface area contributed by atoms with Gasteiger partial charge in [-0.3, -0.25) is 9.69 Å². The first-order valence-corrected chi connectivity index (χ1v) is 10.5. The lowest BCUT2D eigenvalue weighted by molar-refractivity contribution is -0.119. The number of amides is 2. The Kier molecular flexibility index (Phi) is 5.08.